The number of ether oxygens (including phenoxy) is 2. The molecule has 1 aromatic carbocycles. The molecule has 0 aliphatic heterocycles. The molecule has 1 atom stereocenters. The maximum Gasteiger partial charge on any atom is 0.168 e. The van der Waals surface area contributed by atoms with Crippen LogP contribution in [0.3, 0.4) is 0 Å². The smallest absolute Gasteiger partial charge is 0.168 e. The zero-order valence-corrected chi connectivity index (χ0v) is 10.3. The Bertz CT molecular complexity index is 260. The van der Waals surface area contributed by atoms with Crippen LogP contribution in [0.2, 0.25) is 0 Å². The minimum Gasteiger partial charge on any atom is -0.355 e. The third-order valence-electron chi connectivity index (χ3n) is 2.35. The van der Waals surface area contributed by atoms with Crippen molar-refractivity contribution in [1.82, 2.24) is 0 Å². The molecule has 0 aromatic heterocycles. The lowest BCUT2D eigenvalue weighted by molar-refractivity contribution is -0.101. The number of thioether (sulfide) groups is 1. The fraction of sp³-hybridized carbons (Fsp3) is 0.500. The summed E-state index contributed by atoms with van der Waals surface area (Å²) in [6.45, 7) is 0. The first-order valence-electron chi connectivity index (χ1n) is 4.94. The van der Waals surface area contributed by atoms with E-state index in [1.54, 1.807) is 26.0 Å². The maximum atomic E-state index is 5.28. The van der Waals surface area contributed by atoms with Gasteiger partial charge >= 0.3 is 0 Å². The molecule has 0 aliphatic carbocycles. The Kier molecular flexibility index (Phi) is 5.76. The molecule has 0 aliphatic rings. The van der Waals surface area contributed by atoms with E-state index in [-0.39, 0.29) is 6.29 Å². The molecular formula is C12H18O2S. The van der Waals surface area contributed by atoms with Gasteiger partial charge in [-0.2, -0.15) is 11.8 Å². The summed E-state index contributed by atoms with van der Waals surface area (Å²) < 4.78 is 10.6. The number of benzene rings is 1. The summed E-state index contributed by atoms with van der Waals surface area (Å²) in [5, 5.41) is 0.336. The van der Waals surface area contributed by atoms with Gasteiger partial charge in [0.2, 0.25) is 0 Å². The van der Waals surface area contributed by atoms with Crippen LogP contribution in [0, 0.1) is 0 Å². The fourth-order valence-corrected chi connectivity index (χ4v) is 2.34. The summed E-state index contributed by atoms with van der Waals surface area (Å²) in [6, 6.07) is 10.4. The van der Waals surface area contributed by atoms with Crippen molar-refractivity contribution in [3.63, 3.8) is 0 Å². The van der Waals surface area contributed by atoms with Crippen LogP contribution in [0.15, 0.2) is 30.3 Å². The van der Waals surface area contributed by atoms with Crippen molar-refractivity contribution in [2.24, 2.45) is 0 Å². The minimum atomic E-state index is -0.139. The second-order valence-electron chi connectivity index (χ2n) is 3.30. The van der Waals surface area contributed by atoms with Crippen LogP contribution in [0.1, 0.15) is 5.56 Å². The summed E-state index contributed by atoms with van der Waals surface area (Å²) in [6.07, 6.45) is 2.91. The van der Waals surface area contributed by atoms with E-state index in [0.29, 0.717) is 5.25 Å². The fourth-order valence-electron chi connectivity index (χ4n) is 1.54. The Balaban J connectivity index is 2.61. The van der Waals surface area contributed by atoms with Gasteiger partial charge in [-0.05, 0) is 18.2 Å². The third-order valence-corrected chi connectivity index (χ3v) is 3.35. The molecule has 0 N–H and O–H groups in total. The van der Waals surface area contributed by atoms with E-state index in [1.165, 1.54) is 5.56 Å². The molecule has 0 fully saturated rings. The largest absolute Gasteiger partial charge is 0.355 e. The van der Waals surface area contributed by atoms with Crippen molar-refractivity contribution in [2.45, 2.75) is 18.0 Å². The second-order valence-corrected chi connectivity index (χ2v) is 4.38. The molecular weight excluding hydrogens is 208 g/mol. The van der Waals surface area contributed by atoms with Crippen LogP contribution in [-0.2, 0) is 15.9 Å². The molecule has 84 valence electrons. The normalized spacial score (nSPS) is 13.1. The van der Waals surface area contributed by atoms with Crippen molar-refractivity contribution in [3.8, 4) is 0 Å². The molecule has 0 heterocycles. The topological polar surface area (TPSA) is 18.5 Å². The van der Waals surface area contributed by atoms with Crippen LogP contribution in [0.4, 0.5) is 0 Å². The highest BCUT2D eigenvalue weighted by Gasteiger charge is 2.19. The van der Waals surface area contributed by atoms with Gasteiger partial charge in [0.1, 0.15) is 0 Å². The number of rotatable bonds is 6. The van der Waals surface area contributed by atoms with Gasteiger partial charge in [0, 0.05) is 14.2 Å². The van der Waals surface area contributed by atoms with E-state index in [0.717, 1.165) is 6.42 Å². The van der Waals surface area contributed by atoms with Crippen molar-refractivity contribution in [3.05, 3.63) is 35.9 Å². The Labute approximate surface area is 96.0 Å². The lowest BCUT2D eigenvalue weighted by Gasteiger charge is -2.23. The monoisotopic (exact) mass is 226 g/mol. The quantitative estimate of drug-likeness (QED) is 0.695. The first-order valence-corrected chi connectivity index (χ1v) is 6.23. The number of hydrogen-bond donors (Lipinski definition) is 0. The first-order chi connectivity index (χ1) is 7.31. The lowest BCUT2D eigenvalue weighted by atomic mass is 10.1. The Hall–Kier alpha value is -0.510. The predicted octanol–water partition coefficient (Wildman–Crippen LogP) is 2.58. The summed E-state index contributed by atoms with van der Waals surface area (Å²) in [7, 11) is 3.37. The van der Waals surface area contributed by atoms with E-state index in [9.17, 15) is 0 Å². The third kappa shape index (κ3) is 3.86. The molecule has 15 heavy (non-hydrogen) atoms. The van der Waals surface area contributed by atoms with Crippen LogP contribution in [0.25, 0.3) is 0 Å². The number of hydrogen-bond acceptors (Lipinski definition) is 3. The van der Waals surface area contributed by atoms with Crippen LogP contribution < -0.4 is 0 Å². The zero-order chi connectivity index (χ0) is 11.1. The molecule has 1 aromatic rings. The van der Waals surface area contributed by atoms with Gasteiger partial charge in [0.15, 0.2) is 6.29 Å². The van der Waals surface area contributed by atoms with Crippen LogP contribution in [0.5, 0.6) is 0 Å². The van der Waals surface area contributed by atoms with Gasteiger partial charge in [-0.25, -0.2) is 0 Å². The highest BCUT2D eigenvalue weighted by Crippen LogP contribution is 2.19. The molecule has 0 amide bonds. The van der Waals surface area contributed by atoms with E-state index < -0.39 is 0 Å². The standard InChI is InChI=1S/C12H18O2S/c1-13-12(14-2)11(15-3)9-10-7-5-4-6-8-10/h4-8,11-12H,9H2,1-3H3. The molecule has 0 saturated heterocycles. The van der Waals surface area contributed by atoms with Crippen molar-refractivity contribution < 1.29 is 9.47 Å². The van der Waals surface area contributed by atoms with Gasteiger partial charge < -0.3 is 9.47 Å². The van der Waals surface area contributed by atoms with Gasteiger partial charge in [-0.3, -0.25) is 0 Å². The highest BCUT2D eigenvalue weighted by molar-refractivity contribution is 7.99. The Morgan fingerprint density at radius 3 is 2.20 bits per heavy atom. The van der Waals surface area contributed by atoms with Gasteiger partial charge in [0.25, 0.3) is 0 Å². The first kappa shape index (κ1) is 12.6. The summed E-state index contributed by atoms with van der Waals surface area (Å²) >= 11 is 1.77. The lowest BCUT2D eigenvalue weighted by Crippen LogP contribution is -2.28. The van der Waals surface area contributed by atoms with Gasteiger partial charge in [-0.1, -0.05) is 30.3 Å². The van der Waals surface area contributed by atoms with Gasteiger partial charge in [-0.15, -0.1) is 0 Å². The minimum absolute atomic E-state index is 0.139. The molecule has 2 nitrogen and oxygen atoms in total. The van der Waals surface area contributed by atoms with Crippen molar-refractivity contribution in [1.29, 1.82) is 0 Å². The Morgan fingerprint density at radius 1 is 1.13 bits per heavy atom. The molecule has 3 heteroatoms. The van der Waals surface area contributed by atoms with E-state index in [4.69, 9.17) is 9.47 Å². The molecule has 0 spiro atoms. The zero-order valence-electron chi connectivity index (χ0n) is 9.47. The van der Waals surface area contributed by atoms with E-state index in [2.05, 4.69) is 30.5 Å². The van der Waals surface area contributed by atoms with Crippen molar-refractivity contribution in [2.75, 3.05) is 20.5 Å². The molecule has 0 radical (unpaired) electrons. The Morgan fingerprint density at radius 2 is 1.73 bits per heavy atom. The van der Waals surface area contributed by atoms with Crippen molar-refractivity contribution >= 4 is 11.8 Å². The average Bonchev–Trinajstić information content (AvgIpc) is 2.30. The SMILES string of the molecule is COC(OC)C(Cc1ccccc1)SC. The molecule has 1 rings (SSSR count). The van der Waals surface area contributed by atoms with E-state index >= 15 is 0 Å². The number of methoxy groups -OCH3 is 2. The predicted molar refractivity (Wildman–Crippen MR) is 65.3 cm³/mol. The summed E-state index contributed by atoms with van der Waals surface area (Å²) in [5.41, 5.74) is 1.32. The summed E-state index contributed by atoms with van der Waals surface area (Å²) in [4.78, 5) is 0. The highest BCUT2D eigenvalue weighted by atomic mass is 32.2. The molecule has 0 bridgehead atoms. The van der Waals surface area contributed by atoms with Gasteiger partial charge in [0.05, 0.1) is 5.25 Å². The molecule has 0 saturated carbocycles. The average molecular weight is 226 g/mol. The van der Waals surface area contributed by atoms with E-state index in [1.807, 2.05) is 6.07 Å². The van der Waals surface area contributed by atoms with Crippen LogP contribution >= 0.6 is 11.8 Å². The second kappa shape index (κ2) is 6.88. The molecule has 1 unspecified atom stereocenters. The maximum absolute atomic E-state index is 5.28. The van der Waals surface area contributed by atoms with Crippen LogP contribution in [-0.4, -0.2) is 32.0 Å². The summed E-state index contributed by atoms with van der Waals surface area (Å²) in [5.74, 6) is 0.